The van der Waals surface area contributed by atoms with Crippen LogP contribution in [0.15, 0.2) is 18.2 Å². The Morgan fingerprint density at radius 2 is 2.38 bits per heavy atom. The summed E-state index contributed by atoms with van der Waals surface area (Å²) in [4.78, 5) is 12.1. The highest BCUT2D eigenvalue weighted by atomic mass is 35.5. The molecule has 1 fully saturated rings. The van der Waals surface area contributed by atoms with Gasteiger partial charge in [0.1, 0.15) is 0 Å². The van der Waals surface area contributed by atoms with E-state index in [0.29, 0.717) is 23.9 Å². The SMILES string of the molecule is CCOC(=O)c1nn(C2CCCCO2)c2cc(Cl)ccc12. The summed E-state index contributed by atoms with van der Waals surface area (Å²) in [6.45, 7) is 2.81. The lowest BCUT2D eigenvalue weighted by Crippen LogP contribution is -2.19. The van der Waals surface area contributed by atoms with Crippen LogP contribution in [0.5, 0.6) is 0 Å². The number of hydrogen-bond donors (Lipinski definition) is 0. The Hall–Kier alpha value is -1.59. The zero-order chi connectivity index (χ0) is 14.8. The predicted octanol–water partition coefficient (Wildman–Crippen LogP) is 3.57. The molecule has 5 nitrogen and oxygen atoms in total. The van der Waals surface area contributed by atoms with E-state index in [1.807, 2.05) is 6.07 Å². The Kier molecular flexibility index (Phi) is 4.12. The van der Waals surface area contributed by atoms with Gasteiger partial charge in [0, 0.05) is 17.0 Å². The molecular weight excluding hydrogens is 292 g/mol. The van der Waals surface area contributed by atoms with Crippen LogP contribution < -0.4 is 0 Å². The van der Waals surface area contributed by atoms with Crippen molar-refractivity contribution in [2.24, 2.45) is 0 Å². The van der Waals surface area contributed by atoms with Gasteiger partial charge < -0.3 is 9.47 Å². The zero-order valence-corrected chi connectivity index (χ0v) is 12.6. The normalized spacial score (nSPS) is 18.9. The molecule has 0 spiro atoms. The Morgan fingerprint density at radius 1 is 1.52 bits per heavy atom. The molecule has 2 heterocycles. The van der Waals surface area contributed by atoms with Crippen LogP contribution in [0.25, 0.3) is 10.9 Å². The largest absolute Gasteiger partial charge is 0.461 e. The predicted molar refractivity (Wildman–Crippen MR) is 79.5 cm³/mol. The molecule has 0 saturated carbocycles. The van der Waals surface area contributed by atoms with Gasteiger partial charge in [-0.25, -0.2) is 9.48 Å². The monoisotopic (exact) mass is 308 g/mol. The maximum absolute atomic E-state index is 12.1. The second kappa shape index (κ2) is 6.03. The van der Waals surface area contributed by atoms with Crippen LogP contribution in [0.4, 0.5) is 0 Å². The first-order chi connectivity index (χ1) is 10.2. The van der Waals surface area contributed by atoms with Gasteiger partial charge in [-0.2, -0.15) is 5.10 Å². The second-order valence-corrected chi connectivity index (χ2v) is 5.43. The van der Waals surface area contributed by atoms with Gasteiger partial charge in [-0.1, -0.05) is 11.6 Å². The molecule has 1 aromatic carbocycles. The number of ether oxygens (including phenoxy) is 2. The van der Waals surface area contributed by atoms with Crippen molar-refractivity contribution in [3.8, 4) is 0 Å². The molecule has 0 bridgehead atoms. The summed E-state index contributed by atoms with van der Waals surface area (Å²) in [5.74, 6) is -0.417. The molecule has 0 aliphatic carbocycles. The number of nitrogens with zero attached hydrogens (tertiary/aromatic N) is 2. The maximum Gasteiger partial charge on any atom is 0.359 e. The Bertz CT molecular complexity index is 662. The van der Waals surface area contributed by atoms with Crippen LogP contribution in [0.3, 0.4) is 0 Å². The van der Waals surface area contributed by atoms with Crippen molar-refractivity contribution in [1.82, 2.24) is 9.78 Å². The highest BCUT2D eigenvalue weighted by Crippen LogP contribution is 2.30. The highest BCUT2D eigenvalue weighted by Gasteiger charge is 2.24. The summed E-state index contributed by atoms with van der Waals surface area (Å²) in [7, 11) is 0. The van der Waals surface area contributed by atoms with Crippen molar-refractivity contribution in [2.75, 3.05) is 13.2 Å². The van der Waals surface area contributed by atoms with Crippen molar-refractivity contribution in [1.29, 1.82) is 0 Å². The smallest absolute Gasteiger partial charge is 0.359 e. The van der Waals surface area contributed by atoms with Gasteiger partial charge in [-0.3, -0.25) is 0 Å². The van der Waals surface area contributed by atoms with E-state index in [2.05, 4.69) is 5.10 Å². The number of halogens is 1. The number of benzene rings is 1. The standard InChI is InChI=1S/C15H17ClN2O3/c1-2-20-15(19)14-11-7-6-10(16)9-12(11)18(17-14)13-5-3-4-8-21-13/h6-7,9,13H,2-5,8H2,1H3. The van der Waals surface area contributed by atoms with E-state index in [1.54, 1.807) is 23.7 Å². The Labute approximate surface area is 127 Å². The van der Waals surface area contributed by atoms with Crippen LogP contribution in [0, 0.1) is 0 Å². The van der Waals surface area contributed by atoms with Crippen LogP contribution >= 0.6 is 11.6 Å². The van der Waals surface area contributed by atoms with E-state index in [4.69, 9.17) is 21.1 Å². The van der Waals surface area contributed by atoms with Gasteiger partial charge in [-0.05, 0) is 44.4 Å². The second-order valence-electron chi connectivity index (χ2n) is 5.00. The van der Waals surface area contributed by atoms with Gasteiger partial charge in [0.05, 0.1) is 12.1 Å². The van der Waals surface area contributed by atoms with E-state index in [1.165, 1.54) is 0 Å². The number of hydrogen-bond acceptors (Lipinski definition) is 4. The maximum atomic E-state index is 12.1. The lowest BCUT2D eigenvalue weighted by molar-refractivity contribution is -0.0369. The van der Waals surface area contributed by atoms with E-state index >= 15 is 0 Å². The molecule has 1 unspecified atom stereocenters. The van der Waals surface area contributed by atoms with E-state index in [-0.39, 0.29) is 6.23 Å². The summed E-state index contributed by atoms with van der Waals surface area (Å²) < 4.78 is 12.6. The minimum absolute atomic E-state index is 0.150. The fraction of sp³-hybridized carbons (Fsp3) is 0.467. The van der Waals surface area contributed by atoms with Gasteiger partial charge in [-0.15, -0.1) is 0 Å². The molecule has 1 aromatic heterocycles. The minimum Gasteiger partial charge on any atom is -0.461 e. The molecule has 1 aliphatic heterocycles. The topological polar surface area (TPSA) is 53.3 Å². The number of fused-ring (bicyclic) bond motifs is 1. The molecule has 0 radical (unpaired) electrons. The third-order valence-electron chi connectivity index (χ3n) is 3.57. The van der Waals surface area contributed by atoms with Crippen LogP contribution in [-0.4, -0.2) is 29.0 Å². The van der Waals surface area contributed by atoms with Crippen LogP contribution in [0.2, 0.25) is 5.02 Å². The van der Waals surface area contributed by atoms with Crippen LogP contribution in [-0.2, 0) is 9.47 Å². The Balaban J connectivity index is 2.10. The average Bonchev–Trinajstić information content (AvgIpc) is 2.87. The highest BCUT2D eigenvalue weighted by molar-refractivity contribution is 6.31. The van der Waals surface area contributed by atoms with Gasteiger partial charge in [0.2, 0.25) is 0 Å². The van der Waals surface area contributed by atoms with Crippen molar-refractivity contribution >= 4 is 28.5 Å². The number of esters is 1. The summed E-state index contributed by atoms with van der Waals surface area (Å²) in [5.41, 5.74) is 1.12. The summed E-state index contributed by atoms with van der Waals surface area (Å²) in [6.07, 6.45) is 2.87. The Morgan fingerprint density at radius 3 is 3.10 bits per heavy atom. The first-order valence-electron chi connectivity index (χ1n) is 7.17. The fourth-order valence-electron chi connectivity index (χ4n) is 2.60. The molecule has 3 rings (SSSR count). The van der Waals surface area contributed by atoms with E-state index < -0.39 is 5.97 Å². The average molecular weight is 309 g/mol. The van der Waals surface area contributed by atoms with Crippen molar-refractivity contribution in [3.05, 3.63) is 28.9 Å². The third kappa shape index (κ3) is 2.76. The van der Waals surface area contributed by atoms with Gasteiger partial charge in [0.15, 0.2) is 11.9 Å². The van der Waals surface area contributed by atoms with Crippen molar-refractivity contribution < 1.29 is 14.3 Å². The molecule has 2 aromatic rings. The van der Waals surface area contributed by atoms with E-state index in [9.17, 15) is 4.79 Å². The summed E-state index contributed by atoms with van der Waals surface area (Å²) >= 11 is 6.08. The molecule has 112 valence electrons. The zero-order valence-electron chi connectivity index (χ0n) is 11.8. The lowest BCUT2D eigenvalue weighted by atomic mass is 10.1. The lowest BCUT2D eigenvalue weighted by Gasteiger charge is -2.23. The van der Waals surface area contributed by atoms with Gasteiger partial charge in [0.25, 0.3) is 0 Å². The van der Waals surface area contributed by atoms with Crippen molar-refractivity contribution in [2.45, 2.75) is 32.4 Å². The summed E-state index contributed by atoms with van der Waals surface area (Å²) in [6, 6.07) is 5.36. The summed E-state index contributed by atoms with van der Waals surface area (Å²) in [5, 5.41) is 5.78. The first-order valence-corrected chi connectivity index (χ1v) is 7.55. The first kappa shape index (κ1) is 14.4. The fourth-order valence-corrected chi connectivity index (χ4v) is 2.76. The molecule has 0 N–H and O–H groups in total. The molecule has 0 amide bonds. The number of carbonyl (C=O) groups excluding carboxylic acids is 1. The third-order valence-corrected chi connectivity index (χ3v) is 3.80. The molecule has 6 heteroatoms. The number of rotatable bonds is 3. The van der Waals surface area contributed by atoms with Crippen molar-refractivity contribution in [3.63, 3.8) is 0 Å². The quantitative estimate of drug-likeness (QED) is 0.813. The van der Waals surface area contributed by atoms with Gasteiger partial charge >= 0.3 is 5.97 Å². The number of aromatic nitrogens is 2. The minimum atomic E-state index is -0.417. The van der Waals surface area contributed by atoms with E-state index in [0.717, 1.165) is 30.2 Å². The molecule has 21 heavy (non-hydrogen) atoms. The molecule has 1 atom stereocenters. The molecule has 1 aliphatic rings. The molecule has 1 saturated heterocycles. The molecular formula is C15H17ClN2O3. The van der Waals surface area contributed by atoms with Crippen LogP contribution in [0.1, 0.15) is 42.9 Å². The number of carbonyl (C=O) groups is 1.